The Morgan fingerprint density at radius 1 is 1.10 bits per heavy atom. The Morgan fingerprint density at radius 3 is 2.70 bits per heavy atom. The van der Waals surface area contributed by atoms with Crippen LogP contribution in [0.25, 0.3) is 0 Å². The number of carbonyl (C=O) groups is 1. The van der Waals surface area contributed by atoms with Crippen molar-refractivity contribution in [1.29, 1.82) is 0 Å². The third-order valence-electron chi connectivity index (χ3n) is 4.02. The summed E-state index contributed by atoms with van der Waals surface area (Å²) in [5.74, 6) is 0.164. The number of benzene rings is 2. The Labute approximate surface area is 124 Å². The molecule has 0 unspecified atom stereocenters. The zero-order valence-electron chi connectivity index (χ0n) is 11.6. The Bertz CT molecular complexity index is 673. The van der Waals surface area contributed by atoms with E-state index in [9.17, 15) is 4.79 Å². The lowest BCUT2D eigenvalue weighted by molar-refractivity contribution is 0.0992. The molecule has 0 aromatic heterocycles. The number of ketones is 1. The molecule has 2 heteroatoms. The van der Waals surface area contributed by atoms with Crippen molar-refractivity contribution < 1.29 is 4.79 Å². The highest BCUT2D eigenvalue weighted by Crippen LogP contribution is 2.24. The highest BCUT2D eigenvalue weighted by Gasteiger charge is 2.14. The highest BCUT2D eigenvalue weighted by molar-refractivity contribution is 6.30. The molecule has 0 atom stereocenters. The summed E-state index contributed by atoms with van der Waals surface area (Å²) < 4.78 is 0. The van der Waals surface area contributed by atoms with E-state index in [-0.39, 0.29) is 5.78 Å². The quantitative estimate of drug-likeness (QED) is 0.755. The number of aryl methyl sites for hydroxylation is 3. The lowest BCUT2D eigenvalue weighted by Crippen LogP contribution is -2.06. The average molecular weight is 285 g/mol. The monoisotopic (exact) mass is 284 g/mol. The van der Waals surface area contributed by atoms with Gasteiger partial charge in [0.05, 0.1) is 0 Å². The maximum atomic E-state index is 12.4. The van der Waals surface area contributed by atoms with E-state index in [2.05, 4.69) is 18.2 Å². The molecule has 0 bridgehead atoms. The van der Waals surface area contributed by atoms with Crippen LogP contribution in [0.15, 0.2) is 36.4 Å². The normalized spacial score (nSPS) is 13.3. The minimum Gasteiger partial charge on any atom is -0.294 e. The van der Waals surface area contributed by atoms with Gasteiger partial charge in [0.15, 0.2) is 5.78 Å². The molecule has 0 saturated carbocycles. The van der Waals surface area contributed by atoms with E-state index in [1.54, 1.807) is 6.07 Å². The van der Waals surface area contributed by atoms with E-state index in [1.165, 1.54) is 24.0 Å². The Morgan fingerprint density at radius 2 is 1.90 bits per heavy atom. The van der Waals surface area contributed by atoms with Crippen LogP contribution in [0.4, 0.5) is 0 Å². The van der Waals surface area contributed by atoms with Gasteiger partial charge in [0.1, 0.15) is 0 Å². The molecule has 0 amide bonds. The standard InChI is InChI=1S/C18H17ClO/c1-12-9-16(19)7-8-17(12)18(20)11-13-5-6-14-3-2-4-15(14)10-13/h5-10H,2-4,11H2,1H3. The van der Waals surface area contributed by atoms with Gasteiger partial charge in [-0.2, -0.15) is 0 Å². The van der Waals surface area contributed by atoms with Crippen LogP contribution in [0.3, 0.4) is 0 Å². The number of hydrogen-bond donors (Lipinski definition) is 0. The molecule has 2 aromatic rings. The molecule has 0 radical (unpaired) electrons. The maximum absolute atomic E-state index is 12.4. The molecule has 0 fully saturated rings. The molecule has 3 rings (SSSR count). The second kappa shape index (κ2) is 5.41. The third kappa shape index (κ3) is 2.64. The molecule has 0 spiro atoms. The summed E-state index contributed by atoms with van der Waals surface area (Å²) in [6, 6.07) is 11.9. The molecule has 20 heavy (non-hydrogen) atoms. The van der Waals surface area contributed by atoms with Gasteiger partial charge in [0.2, 0.25) is 0 Å². The van der Waals surface area contributed by atoms with Crippen LogP contribution in [-0.2, 0) is 19.3 Å². The van der Waals surface area contributed by atoms with Crippen LogP contribution in [0.1, 0.15) is 39.0 Å². The van der Waals surface area contributed by atoms with E-state index >= 15 is 0 Å². The molecule has 0 heterocycles. The van der Waals surface area contributed by atoms with Crippen molar-refractivity contribution in [3.8, 4) is 0 Å². The molecule has 0 saturated heterocycles. The molecule has 1 nitrogen and oxygen atoms in total. The summed E-state index contributed by atoms with van der Waals surface area (Å²) in [6.45, 7) is 1.93. The smallest absolute Gasteiger partial charge is 0.167 e. The summed E-state index contributed by atoms with van der Waals surface area (Å²) in [5.41, 5.74) is 5.70. The van der Waals surface area contributed by atoms with Crippen LogP contribution in [0, 0.1) is 6.92 Å². The van der Waals surface area contributed by atoms with Gasteiger partial charge < -0.3 is 0 Å². The van der Waals surface area contributed by atoms with Crippen LogP contribution < -0.4 is 0 Å². The van der Waals surface area contributed by atoms with Crippen molar-refractivity contribution in [2.24, 2.45) is 0 Å². The van der Waals surface area contributed by atoms with Gasteiger partial charge in [-0.1, -0.05) is 29.8 Å². The number of fused-ring (bicyclic) bond motifs is 1. The fourth-order valence-electron chi connectivity index (χ4n) is 2.96. The SMILES string of the molecule is Cc1cc(Cl)ccc1C(=O)Cc1ccc2c(c1)CCC2. The minimum atomic E-state index is 0.164. The van der Waals surface area contributed by atoms with Crippen LogP contribution in [0.2, 0.25) is 5.02 Å². The number of rotatable bonds is 3. The van der Waals surface area contributed by atoms with Crippen LogP contribution in [0.5, 0.6) is 0 Å². The molecule has 102 valence electrons. The van der Waals surface area contributed by atoms with Gasteiger partial charge >= 0.3 is 0 Å². The first kappa shape index (κ1) is 13.4. The largest absolute Gasteiger partial charge is 0.294 e. The number of halogens is 1. The van der Waals surface area contributed by atoms with Gasteiger partial charge in [-0.25, -0.2) is 0 Å². The first-order chi connectivity index (χ1) is 9.63. The van der Waals surface area contributed by atoms with Crippen molar-refractivity contribution in [3.63, 3.8) is 0 Å². The fraction of sp³-hybridized carbons (Fsp3) is 0.278. The predicted octanol–water partition coefficient (Wildman–Crippen LogP) is 4.56. The highest BCUT2D eigenvalue weighted by atomic mass is 35.5. The van der Waals surface area contributed by atoms with Crippen molar-refractivity contribution in [3.05, 3.63) is 69.2 Å². The molecule has 0 aliphatic heterocycles. The van der Waals surface area contributed by atoms with Crippen molar-refractivity contribution in [2.75, 3.05) is 0 Å². The Kier molecular flexibility index (Phi) is 3.62. The van der Waals surface area contributed by atoms with Crippen molar-refractivity contribution in [2.45, 2.75) is 32.6 Å². The summed E-state index contributed by atoms with van der Waals surface area (Å²) in [6.07, 6.45) is 4.04. The first-order valence-corrected chi connectivity index (χ1v) is 7.41. The van der Waals surface area contributed by atoms with E-state index < -0.39 is 0 Å². The lowest BCUT2D eigenvalue weighted by Gasteiger charge is -2.07. The third-order valence-corrected chi connectivity index (χ3v) is 4.25. The van der Waals surface area contributed by atoms with E-state index in [1.807, 2.05) is 19.1 Å². The topological polar surface area (TPSA) is 17.1 Å². The summed E-state index contributed by atoms with van der Waals surface area (Å²) >= 11 is 5.93. The molecule has 1 aliphatic carbocycles. The molecule has 0 N–H and O–H groups in total. The fourth-order valence-corrected chi connectivity index (χ4v) is 3.18. The van der Waals surface area contributed by atoms with Gasteiger partial charge in [0, 0.05) is 17.0 Å². The van der Waals surface area contributed by atoms with Crippen molar-refractivity contribution >= 4 is 17.4 Å². The predicted molar refractivity (Wildman–Crippen MR) is 82.7 cm³/mol. The van der Waals surface area contributed by atoms with E-state index in [0.29, 0.717) is 11.4 Å². The molecular weight excluding hydrogens is 268 g/mol. The zero-order chi connectivity index (χ0) is 14.1. The minimum absolute atomic E-state index is 0.164. The van der Waals surface area contributed by atoms with Crippen LogP contribution in [-0.4, -0.2) is 5.78 Å². The van der Waals surface area contributed by atoms with Crippen molar-refractivity contribution in [1.82, 2.24) is 0 Å². The maximum Gasteiger partial charge on any atom is 0.167 e. The summed E-state index contributed by atoms with van der Waals surface area (Å²) in [4.78, 5) is 12.4. The second-order valence-electron chi connectivity index (χ2n) is 5.52. The molecule has 2 aromatic carbocycles. The Hall–Kier alpha value is -1.60. The first-order valence-electron chi connectivity index (χ1n) is 7.03. The second-order valence-corrected chi connectivity index (χ2v) is 5.95. The zero-order valence-corrected chi connectivity index (χ0v) is 12.3. The molecular formula is C18H17ClO. The average Bonchev–Trinajstić information content (AvgIpc) is 2.85. The number of carbonyl (C=O) groups excluding carboxylic acids is 1. The Balaban J connectivity index is 1.82. The van der Waals surface area contributed by atoms with Gasteiger partial charge in [-0.15, -0.1) is 0 Å². The lowest BCUT2D eigenvalue weighted by atomic mass is 9.97. The van der Waals surface area contributed by atoms with Crippen LogP contribution >= 0.6 is 11.6 Å². The molecule has 1 aliphatic rings. The number of Topliss-reactive ketones (excluding diaryl/α,β-unsaturated/α-hetero) is 1. The van der Waals surface area contributed by atoms with Gasteiger partial charge in [-0.3, -0.25) is 4.79 Å². The van der Waals surface area contributed by atoms with E-state index in [4.69, 9.17) is 11.6 Å². The van der Waals surface area contributed by atoms with E-state index in [0.717, 1.165) is 23.1 Å². The number of hydrogen-bond acceptors (Lipinski definition) is 1. The van der Waals surface area contributed by atoms with Gasteiger partial charge in [0.25, 0.3) is 0 Å². The van der Waals surface area contributed by atoms with Gasteiger partial charge in [-0.05, 0) is 66.6 Å². The summed E-state index contributed by atoms with van der Waals surface area (Å²) in [7, 11) is 0. The summed E-state index contributed by atoms with van der Waals surface area (Å²) in [5, 5.41) is 0.677.